The summed E-state index contributed by atoms with van der Waals surface area (Å²) in [4.78, 5) is 35.2. The van der Waals surface area contributed by atoms with E-state index in [1.54, 1.807) is 13.8 Å². The number of cyclic esters (lactones) is 1. The zero-order chi connectivity index (χ0) is 24.8. The molecule has 3 unspecified atom stereocenters. The molecule has 0 spiro atoms. The van der Waals surface area contributed by atoms with E-state index in [2.05, 4.69) is 24.3 Å². The van der Waals surface area contributed by atoms with E-state index in [1.807, 2.05) is 0 Å². The van der Waals surface area contributed by atoms with Crippen molar-refractivity contribution in [3.05, 3.63) is 24.3 Å². The van der Waals surface area contributed by atoms with Gasteiger partial charge in [-0.2, -0.15) is 0 Å². The molecule has 2 heterocycles. The van der Waals surface area contributed by atoms with E-state index >= 15 is 0 Å². The molecule has 0 radical (unpaired) electrons. The SMILES string of the molecule is CC1(C)OCC(C2OC(=O)C(CCCCCC=CCC=CCCCCCCCC(=O)O)C2=O)O1. The fraction of sp³-hybridized carbons (Fsp3) is 0.741. The van der Waals surface area contributed by atoms with E-state index in [0.717, 1.165) is 70.6 Å². The Kier molecular flexibility index (Phi) is 12.5. The van der Waals surface area contributed by atoms with E-state index in [-0.39, 0.29) is 18.8 Å². The molecule has 0 aliphatic carbocycles. The summed E-state index contributed by atoms with van der Waals surface area (Å²) in [5.41, 5.74) is 0. The number of hydrogen-bond acceptors (Lipinski definition) is 6. The van der Waals surface area contributed by atoms with Crippen molar-refractivity contribution in [2.24, 2.45) is 5.92 Å². The lowest BCUT2D eigenvalue weighted by atomic mass is 9.94. The second-order valence-corrected chi connectivity index (χ2v) is 9.70. The summed E-state index contributed by atoms with van der Waals surface area (Å²) >= 11 is 0. The maximum absolute atomic E-state index is 12.6. The molecule has 2 aliphatic rings. The summed E-state index contributed by atoms with van der Waals surface area (Å²) in [6, 6.07) is 0. The average Bonchev–Trinajstić information content (AvgIpc) is 3.28. The lowest BCUT2D eigenvalue weighted by Gasteiger charge is -2.19. The van der Waals surface area contributed by atoms with Gasteiger partial charge in [0, 0.05) is 6.42 Å². The summed E-state index contributed by atoms with van der Waals surface area (Å²) in [6.45, 7) is 3.84. The van der Waals surface area contributed by atoms with Crippen LogP contribution >= 0.6 is 0 Å². The smallest absolute Gasteiger partial charge is 0.317 e. The quantitative estimate of drug-likeness (QED) is 0.127. The standard InChI is InChI=1S/C27H42O7/c1-27(2)32-20-22(34-27)25-24(30)21(26(31)33-25)18-16-14-12-10-8-6-4-3-5-7-9-11-13-15-17-19-23(28)29/h3,5-6,8,21-22,25H,4,7,9-20H2,1-2H3,(H,28,29). The highest BCUT2D eigenvalue weighted by atomic mass is 16.8. The average molecular weight is 479 g/mol. The van der Waals surface area contributed by atoms with Gasteiger partial charge >= 0.3 is 11.9 Å². The van der Waals surface area contributed by atoms with Crippen LogP contribution in [0, 0.1) is 5.92 Å². The highest BCUT2D eigenvalue weighted by Gasteiger charge is 2.50. The van der Waals surface area contributed by atoms with Crippen molar-refractivity contribution in [1.82, 2.24) is 0 Å². The van der Waals surface area contributed by atoms with E-state index in [4.69, 9.17) is 19.3 Å². The molecule has 3 atom stereocenters. The Bertz CT molecular complexity index is 710. The molecule has 0 aromatic rings. The molecule has 7 nitrogen and oxygen atoms in total. The number of esters is 1. The van der Waals surface area contributed by atoms with Gasteiger partial charge in [-0.05, 0) is 58.8 Å². The first-order valence-corrected chi connectivity index (χ1v) is 12.9. The number of unbranched alkanes of at least 4 members (excludes halogenated alkanes) is 8. The van der Waals surface area contributed by atoms with Gasteiger partial charge in [0.2, 0.25) is 0 Å². The van der Waals surface area contributed by atoms with Crippen LogP contribution in [0.25, 0.3) is 0 Å². The fourth-order valence-electron chi connectivity index (χ4n) is 4.33. The highest BCUT2D eigenvalue weighted by Crippen LogP contribution is 2.32. The predicted octanol–water partition coefficient (Wildman–Crippen LogP) is 5.52. The maximum Gasteiger partial charge on any atom is 0.317 e. The number of carboxylic acids is 1. The summed E-state index contributed by atoms with van der Waals surface area (Å²) < 4.78 is 16.5. The highest BCUT2D eigenvalue weighted by molar-refractivity contribution is 6.06. The van der Waals surface area contributed by atoms with Crippen LogP contribution in [0.5, 0.6) is 0 Å². The van der Waals surface area contributed by atoms with Gasteiger partial charge in [0.1, 0.15) is 12.0 Å². The zero-order valence-electron chi connectivity index (χ0n) is 20.8. The van der Waals surface area contributed by atoms with Crippen molar-refractivity contribution in [3.8, 4) is 0 Å². The van der Waals surface area contributed by atoms with Crippen molar-refractivity contribution in [2.75, 3.05) is 6.61 Å². The Hall–Kier alpha value is -1.99. The van der Waals surface area contributed by atoms with Crippen molar-refractivity contribution in [1.29, 1.82) is 0 Å². The number of rotatable bonds is 17. The van der Waals surface area contributed by atoms with Gasteiger partial charge < -0.3 is 19.3 Å². The molecular weight excluding hydrogens is 436 g/mol. The van der Waals surface area contributed by atoms with Crippen LogP contribution in [0.4, 0.5) is 0 Å². The number of allylic oxidation sites excluding steroid dienone is 4. The van der Waals surface area contributed by atoms with E-state index in [9.17, 15) is 14.4 Å². The molecule has 2 saturated heterocycles. The van der Waals surface area contributed by atoms with Crippen molar-refractivity contribution < 1.29 is 33.7 Å². The van der Waals surface area contributed by atoms with Crippen LogP contribution in [0.3, 0.4) is 0 Å². The molecule has 2 fully saturated rings. The summed E-state index contributed by atoms with van der Waals surface area (Å²) in [5.74, 6) is -2.70. The third kappa shape index (κ3) is 10.5. The van der Waals surface area contributed by atoms with Crippen molar-refractivity contribution >= 4 is 17.7 Å². The summed E-state index contributed by atoms with van der Waals surface area (Å²) in [6.07, 6.45) is 19.3. The number of Topliss-reactive ketones (excluding diaryl/α,β-unsaturated/α-hetero) is 1. The van der Waals surface area contributed by atoms with E-state index in [0.29, 0.717) is 6.42 Å². The van der Waals surface area contributed by atoms with Gasteiger partial charge in [-0.1, -0.05) is 56.4 Å². The zero-order valence-corrected chi connectivity index (χ0v) is 20.8. The molecule has 2 aliphatic heterocycles. The monoisotopic (exact) mass is 478 g/mol. The Labute approximate surface area is 203 Å². The number of ether oxygens (including phenoxy) is 3. The fourth-order valence-corrected chi connectivity index (χ4v) is 4.33. The lowest BCUT2D eigenvalue weighted by molar-refractivity contribution is -0.164. The predicted molar refractivity (Wildman–Crippen MR) is 129 cm³/mol. The largest absolute Gasteiger partial charge is 0.481 e. The van der Waals surface area contributed by atoms with Gasteiger partial charge in [0.15, 0.2) is 17.7 Å². The normalized spacial score (nSPS) is 24.5. The van der Waals surface area contributed by atoms with Crippen LogP contribution in [-0.4, -0.2) is 47.4 Å². The minimum Gasteiger partial charge on any atom is -0.481 e. The van der Waals surface area contributed by atoms with Crippen LogP contribution < -0.4 is 0 Å². The van der Waals surface area contributed by atoms with Gasteiger partial charge in [-0.15, -0.1) is 0 Å². The number of carbonyl (C=O) groups excluding carboxylic acids is 2. The molecule has 34 heavy (non-hydrogen) atoms. The second-order valence-electron chi connectivity index (χ2n) is 9.70. The minimum atomic E-state index is -0.834. The number of ketones is 1. The molecule has 2 rings (SSSR count). The molecule has 192 valence electrons. The van der Waals surface area contributed by atoms with Crippen LogP contribution in [0.15, 0.2) is 24.3 Å². The maximum atomic E-state index is 12.6. The van der Waals surface area contributed by atoms with Crippen molar-refractivity contribution in [2.45, 2.75) is 115 Å². The molecule has 1 N–H and O–H groups in total. The van der Waals surface area contributed by atoms with Gasteiger partial charge in [-0.3, -0.25) is 14.4 Å². The molecule has 0 aromatic heterocycles. The topological polar surface area (TPSA) is 99.1 Å². The number of aliphatic carboxylic acids is 1. The van der Waals surface area contributed by atoms with E-state index < -0.39 is 35.9 Å². The van der Waals surface area contributed by atoms with Crippen LogP contribution in [0.2, 0.25) is 0 Å². The molecule has 0 bridgehead atoms. The Morgan fingerprint density at radius 1 is 0.941 bits per heavy atom. The second kappa shape index (κ2) is 15.1. The summed E-state index contributed by atoms with van der Waals surface area (Å²) in [7, 11) is 0. The van der Waals surface area contributed by atoms with Gasteiger partial charge in [-0.25, -0.2) is 0 Å². The molecule has 0 saturated carbocycles. The molecule has 0 aromatic carbocycles. The molecule has 7 heteroatoms. The first kappa shape index (κ1) is 28.2. The molecule has 0 amide bonds. The van der Waals surface area contributed by atoms with E-state index in [1.165, 1.54) is 0 Å². The Morgan fingerprint density at radius 2 is 1.56 bits per heavy atom. The van der Waals surface area contributed by atoms with Gasteiger partial charge in [0.05, 0.1) is 6.61 Å². The van der Waals surface area contributed by atoms with Crippen LogP contribution in [0.1, 0.15) is 97.3 Å². The van der Waals surface area contributed by atoms with Crippen molar-refractivity contribution in [3.63, 3.8) is 0 Å². The third-order valence-electron chi connectivity index (χ3n) is 6.25. The lowest BCUT2D eigenvalue weighted by Crippen LogP contribution is -2.36. The number of carboxylic acid groups (broad SMARTS) is 1. The molecular formula is C27H42O7. The Balaban J connectivity index is 1.45. The van der Waals surface area contributed by atoms with Crippen LogP contribution in [-0.2, 0) is 28.6 Å². The Morgan fingerprint density at radius 3 is 2.18 bits per heavy atom. The van der Waals surface area contributed by atoms with Gasteiger partial charge in [0.25, 0.3) is 0 Å². The minimum absolute atomic E-state index is 0.166. The first-order valence-electron chi connectivity index (χ1n) is 12.9. The number of carbonyl (C=O) groups is 3. The first-order chi connectivity index (χ1) is 16.3. The number of hydrogen-bond donors (Lipinski definition) is 1. The summed E-state index contributed by atoms with van der Waals surface area (Å²) in [5, 5.41) is 8.59. The third-order valence-corrected chi connectivity index (χ3v) is 6.25.